The number of rotatable bonds is 7. The highest BCUT2D eigenvalue weighted by Crippen LogP contribution is 2.05. The molecule has 2 unspecified atom stereocenters. The largest absolute Gasteiger partial charge is 0.376 e. The Balaban J connectivity index is 2.09. The number of unbranched alkanes of at least 4 members (excludes halogenated alkanes) is 1. The van der Waals surface area contributed by atoms with Gasteiger partial charge in [0.25, 0.3) is 0 Å². The van der Waals surface area contributed by atoms with E-state index < -0.39 is 0 Å². The Morgan fingerprint density at radius 2 is 2.20 bits per heavy atom. The lowest BCUT2D eigenvalue weighted by Gasteiger charge is -2.25. The van der Waals surface area contributed by atoms with Crippen molar-refractivity contribution in [1.82, 2.24) is 5.32 Å². The zero-order valence-electron chi connectivity index (χ0n) is 10.1. The van der Waals surface area contributed by atoms with Crippen LogP contribution in [0.3, 0.4) is 0 Å². The summed E-state index contributed by atoms with van der Waals surface area (Å²) in [6.45, 7) is 7.66. The summed E-state index contributed by atoms with van der Waals surface area (Å²) in [6, 6.07) is 0.649. The normalized spacial score (nSPS) is 24.0. The monoisotopic (exact) mass is 215 g/mol. The summed E-state index contributed by atoms with van der Waals surface area (Å²) in [7, 11) is 0. The SMILES string of the molecule is CCCCC(CC)NCC1COCCO1. The number of hydrogen-bond acceptors (Lipinski definition) is 3. The van der Waals surface area contributed by atoms with Gasteiger partial charge in [-0.3, -0.25) is 0 Å². The molecule has 2 atom stereocenters. The van der Waals surface area contributed by atoms with E-state index in [0.29, 0.717) is 6.04 Å². The Hall–Kier alpha value is -0.120. The van der Waals surface area contributed by atoms with Gasteiger partial charge < -0.3 is 14.8 Å². The van der Waals surface area contributed by atoms with Crippen LogP contribution < -0.4 is 5.32 Å². The van der Waals surface area contributed by atoms with Gasteiger partial charge in [-0.25, -0.2) is 0 Å². The van der Waals surface area contributed by atoms with Crippen molar-refractivity contribution >= 4 is 0 Å². The van der Waals surface area contributed by atoms with Gasteiger partial charge in [-0.15, -0.1) is 0 Å². The van der Waals surface area contributed by atoms with E-state index in [2.05, 4.69) is 19.2 Å². The standard InChI is InChI=1S/C12H25NO2/c1-3-5-6-11(4-2)13-9-12-10-14-7-8-15-12/h11-13H,3-10H2,1-2H3. The molecule has 0 amide bonds. The zero-order valence-corrected chi connectivity index (χ0v) is 10.1. The van der Waals surface area contributed by atoms with E-state index in [1.54, 1.807) is 0 Å². The highest BCUT2D eigenvalue weighted by molar-refractivity contribution is 4.70. The van der Waals surface area contributed by atoms with E-state index in [-0.39, 0.29) is 6.10 Å². The molecule has 15 heavy (non-hydrogen) atoms. The Bertz CT molecular complexity index is 147. The molecule has 1 aliphatic rings. The predicted molar refractivity (Wildman–Crippen MR) is 62.2 cm³/mol. The summed E-state index contributed by atoms with van der Waals surface area (Å²) in [5.74, 6) is 0. The van der Waals surface area contributed by atoms with Crippen molar-refractivity contribution in [3.63, 3.8) is 0 Å². The van der Waals surface area contributed by atoms with Gasteiger partial charge in [0.15, 0.2) is 0 Å². The molecule has 3 heteroatoms. The third kappa shape index (κ3) is 5.50. The fourth-order valence-electron chi connectivity index (χ4n) is 1.85. The molecule has 90 valence electrons. The first-order valence-electron chi connectivity index (χ1n) is 6.29. The van der Waals surface area contributed by atoms with Crippen LogP contribution in [0, 0.1) is 0 Å². The molecule has 3 nitrogen and oxygen atoms in total. The molecular formula is C12H25NO2. The Kier molecular flexibility index (Phi) is 6.98. The van der Waals surface area contributed by atoms with Gasteiger partial charge >= 0.3 is 0 Å². The van der Waals surface area contributed by atoms with Crippen LogP contribution in [0.1, 0.15) is 39.5 Å². The third-order valence-electron chi connectivity index (χ3n) is 2.92. The van der Waals surface area contributed by atoms with Crippen LogP contribution in [-0.2, 0) is 9.47 Å². The first kappa shape index (κ1) is 12.9. The van der Waals surface area contributed by atoms with Gasteiger partial charge in [0.1, 0.15) is 0 Å². The van der Waals surface area contributed by atoms with Crippen LogP contribution in [0.4, 0.5) is 0 Å². The average molecular weight is 215 g/mol. The fourth-order valence-corrected chi connectivity index (χ4v) is 1.85. The van der Waals surface area contributed by atoms with Crippen molar-refractivity contribution in [2.45, 2.75) is 51.7 Å². The van der Waals surface area contributed by atoms with Gasteiger partial charge in [-0.1, -0.05) is 26.7 Å². The second-order valence-electron chi connectivity index (χ2n) is 4.22. The lowest BCUT2D eigenvalue weighted by molar-refractivity contribution is -0.0871. The number of hydrogen-bond donors (Lipinski definition) is 1. The summed E-state index contributed by atoms with van der Waals surface area (Å²) < 4.78 is 11.0. The molecule has 0 aliphatic carbocycles. The summed E-state index contributed by atoms with van der Waals surface area (Å²) in [4.78, 5) is 0. The second kappa shape index (κ2) is 8.08. The molecule has 0 radical (unpaired) electrons. The molecule has 1 saturated heterocycles. The first-order valence-corrected chi connectivity index (χ1v) is 6.29. The highest BCUT2D eigenvalue weighted by atomic mass is 16.6. The maximum atomic E-state index is 5.59. The van der Waals surface area contributed by atoms with Crippen molar-refractivity contribution < 1.29 is 9.47 Å². The quantitative estimate of drug-likeness (QED) is 0.704. The first-order chi connectivity index (χ1) is 7.36. The topological polar surface area (TPSA) is 30.5 Å². The zero-order chi connectivity index (χ0) is 10.9. The van der Waals surface area contributed by atoms with Crippen LogP contribution in [0.2, 0.25) is 0 Å². The van der Waals surface area contributed by atoms with Crippen LogP contribution in [-0.4, -0.2) is 38.5 Å². The Morgan fingerprint density at radius 1 is 1.33 bits per heavy atom. The molecule has 1 rings (SSSR count). The van der Waals surface area contributed by atoms with E-state index in [9.17, 15) is 0 Å². The molecule has 0 aromatic carbocycles. The molecule has 0 aromatic heterocycles. The molecule has 1 fully saturated rings. The summed E-state index contributed by atoms with van der Waals surface area (Å²) in [5.41, 5.74) is 0. The summed E-state index contributed by atoms with van der Waals surface area (Å²) >= 11 is 0. The van der Waals surface area contributed by atoms with Gasteiger partial charge in [-0.05, 0) is 12.8 Å². The fraction of sp³-hybridized carbons (Fsp3) is 1.00. The van der Waals surface area contributed by atoms with Crippen molar-refractivity contribution in [3.8, 4) is 0 Å². The van der Waals surface area contributed by atoms with E-state index >= 15 is 0 Å². The maximum Gasteiger partial charge on any atom is 0.0933 e. The minimum Gasteiger partial charge on any atom is -0.376 e. The maximum absolute atomic E-state index is 5.59. The summed E-state index contributed by atoms with van der Waals surface area (Å²) in [5, 5.41) is 3.57. The van der Waals surface area contributed by atoms with E-state index in [4.69, 9.17) is 9.47 Å². The number of nitrogens with one attached hydrogen (secondary N) is 1. The predicted octanol–water partition coefficient (Wildman–Crippen LogP) is 1.96. The molecule has 0 saturated carbocycles. The Labute approximate surface area is 93.5 Å². The van der Waals surface area contributed by atoms with Crippen LogP contribution in [0.15, 0.2) is 0 Å². The van der Waals surface area contributed by atoms with Crippen LogP contribution in [0.5, 0.6) is 0 Å². The van der Waals surface area contributed by atoms with Crippen LogP contribution >= 0.6 is 0 Å². The van der Waals surface area contributed by atoms with E-state index in [1.807, 2.05) is 0 Å². The molecule has 0 aromatic rings. The average Bonchev–Trinajstić information content (AvgIpc) is 2.31. The Morgan fingerprint density at radius 3 is 2.80 bits per heavy atom. The van der Waals surface area contributed by atoms with Crippen molar-refractivity contribution in [1.29, 1.82) is 0 Å². The van der Waals surface area contributed by atoms with Gasteiger partial charge in [0, 0.05) is 12.6 Å². The third-order valence-corrected chi connectivity index (χ3v) is 2.92. The van der Waals surface area contributed by atoms with Crippen LogP contribution in [0.25, 0.3) is 0 Å². The minimum absolute atomic E-state index is 0.259. The second-order valence-corrected chi connectivity index (χ2v) is 4.22. The highest BCUT2D eigenvalue weighted by Gasteiger charge is 2.15. The van der Waals surface area contributed by atoms with Gasteiger partial charge in [-0.2, -0.15) is 0 Å². The van der Waals surface area contributed by atoms with Gasteiger partial charge in [0.2, 0.25) is 0 Å². The van der Waals surface area contributed by atoms with E-state index in [1.165, 1.54) is 25.7 Å². The molecule has 1 heterocycles. The lowest BCUT2D eigenvalue weighted by atomic mass is 10.1. The van der Waals surface area contributed by atoms with Crippen molar-refractivity contribution in [2.24, 2.45) is 0 Å². The molecule has 0 spiro atoms. The molecule has 1 aliphatic heterocycles. The van der Waals surface area contributed by atoms with Crippen molar-refractivity contribution in [2.75, 3.05) is 26.4 Å². The molecular weight excluding hydrogens is 190 g/mol. The van der Waals surface area contributed by atoms with Crippen molar-refractivity contribution in [3.05, 3.63) is 0 Å². The lowest BCUT2D eigenvalue weighted by Crippen LogP contribution is -2.41. The van der Waals surface area contributed by atoms with Gasteiger partial charge in [0.05, 0.1) is 25.9 Å². The minimum atomic E-state index is 0.259. The smallest absolute Gasteiger partial charge is 0.0933 e. The molecule has 1 N–H and O–H groups in total. The molecule has 0 bridgehead atoms. The van der Waals surface area contributed by atoms with E-state index in [0.717, 1.165) is 26.4 Å². The summed E-state index contributed by atoms with van der Waals surface area (Å²) in [6.07, 6.45) is 5.33. The number of ether oxygens (including phenoxy) is 2.